The van der Waals surface area contributed by atoms with Crippen molar-refractivity contribution >= 4 is 22.5 Å². The monoisotopic (exact) mass is 347 g/mol. The number of carbonyl (C=O) groups is 1. The van der Waals surface area contributed by atoms with Crippen LogP contribution < -0.4 is 10.7 Å². The van der Waals surface area contributed by atoms with E-state index in [1.807, 2.05) is 48.5 Å². The fourth-order valence-electron chi connectivity index (χ4n) is 3.49. The minimum Gasteiger partial charge on any atom is -0.382 e. The smallest absolute Gasteiger partial charge is 0.259 e. The van der Waals surface area contributed by atoms with Gasteiger partial charge in [-0.1, -0.05) is 30.3 Å². The van der Waals surface area contributed by atoms with Gasteiger partial charge in [-0.05, 0) is 37.1 Å². The molecule has 1 fully saturated rings. The highest BCUT2D eigenvalue weighted by Gasteiger charge is 2.25. The van der Waals surface area contributed by atoms with Crippen molar-refractivity contribution in [1.82, 2.24) is 9.88 Å². The highest BCUT2D eigenvalue weighted by molar-refractivity contribution is 5.97. The first-order valence-corrected chi connectivity index (χ1v) is 8.93. The number of pyridine rings is 1. The van der Waals surface area contributed by atoms with Crippen LogP contribution in [-0.4, -0.2) is 34.9 Å². The Morgan fingerprint density at radius 3 is 2.46 bits per heavy atom. The van der Waals surface area contributed by atoms with Gasteiger partial charge < -0.3 is 15.2 Å². The Hall–Kier alpha value is -3.08. The Bertz CT molecular complexity index is 973. The number of carbonyl (C=O) groups excluding carboxylic acids is 1. The van der Waals surface area contributed by atoms with Crippen LogP contribution in [-0.2, 0) is 0 Å². The van der Waals surface area contributed by atoms with Crippen molar-refractivity contribution in [3.05, 3.63) is 76.6 Å². The van der Waals surface area contributed by atoms with Crippen LogP contribution in [0.3, 0.4) is 0 Å². The molecule has 5 heteroatoms. The molecule has 0 atom stereocenters. The van der Waals surface area contributed by atoms with Gasteiger partial charge in [0, 0.05) is 41.9 Å². The molecule has 5 nitrogen and oxygen atoms in total. The van der Waals surface area contributed by atoms with Crippen LogP contribution in [0, 0.1) is 0 Å². The van der Waals surface area contributed by atoms with Crippen LogP contribution in [0.15, 0.2) is 65.6 Å². The van der Waals surface area contributed by atoms with Crippen molar-refractivity contribution in [2.75, 3.05) is 18.4 Å². The first-order valence-electron chi connectivity index (χ1n) is 8.93. The number of amides is 1. The molecule has 1 aromatic heterocycles. The molecule has 4 rings (SSSR count). The normalized spacial score (nSPS) is 15.2. The molecule has 132 valence electrons. The number of anilines is 1. The van der Waals surface area contributed by atoms with E-state index in [0.717, 1.165) is 24.0 Å². The van der Waals surface area contributed by atoms with Crippen molar-refractivity contribution in [3.8, 4) is 0 Å². The maximum atomic E-state index is 12.8. The van der Waals surface area contributed by atoms with E-state index in [-0.39, 0.29) is 16.9 Å². The third-order valence-corrected chi connectivity index (χ3v) is 4.95. The summed E-state index contributed by atoms with van der Waals surface area (Å²) >= 11 is 0. The lowest BCUT2D eigenvalue weighted by molar-refractivity contribution is 0.0717. The lowest BCUT2D eigenvalue weighted by Crippen LogP contribution is -2.43. The van der Waals surface area contributed by atoms with Gasteiger partial charge in [-0.15, -0.1) is 0 Å². The van der Waals surface area contributed by atoms with Gasteiger partial charge in [0.05, 0.1) is 0 Å². The van der Waals surface area contributed by atoms with E-state index in [4.69, 9.17) is 0 Å². The van der Waals surface area contributed by atoms with E-state index in [1.54, 1.807) is 17.2 Å². The van der Waals surface area contributed by atoms with Gasteiger partial charge in [-0.25, -0.2) is 0 Å². The summed E-state index contributed by atoms with van der Waals surface area (Å²) in [5.74, 6) is -0.185. The van der Waals surface area contributed by atoms with Gasteiger partial charge in [0.25, 0.3) is 5.91 Å². The van der Waals surface area contributed by atoms with E-state index in [2.05, 4.69) is 10.3 Å². The Kier molecular flexibility index (Phi) is 4.44. The molecule has 1 aliphatic heterocycles. The zero-order valence-corrected chi connectivity index (χ0v) is 14.4. The van der Waals surface area contributed by atoms with Crippen molar-refractivity contribution in [2.45, 2.75) is 18.9 Å². The molecule has 0 spiro atoms. The first kappa shape index (κ1) is 16.4. The maximum absolute atomic E-state index is 12.8. The lowest BCUT2D eigenvalue weighted by atomic mass is 10.0. The predicted molar refractivity (Wildman–Crippen MR) is 104 cm³/mol. The number of nitrogens with zero attached hydrogens (tertiary/aromatic N) is 1. The highest BCUT2D eigenvalue weighted by atomic mass is 16.2. The summed E-state index contributed by atoms with van der Waals surface area (Å²) < 4.78 is 0. The number of H-pyrrole nitrogens is 1. The predicted octanol–water partition coefficient (Wildman–Crippen LogP) is 3.24. The summed E-state index contributed by atoms with van der Waals surface area (Å²) in [4.78, 5) is 30.3. The van der Waals surface area contributed by atoms with E-state index >= 15 is 0 Å². The summed E-state index contributed by atoms with van der Waals surface area (Å²) in [6, 6.07) is 17.7. The molecular formula is C21H21N3O2. The minimum absolute atomic E-state index is 0.185. The van der Waals surface area contributed by atoms with Gasteiger partial charge in [0.2, 0.25) is 5.43 Å². The molecule has 1 amide bonds. The number of aromatic nitrogens is 1. The number of rotatable bonds is 3. The van der Waals surface area contributed by atoms with Crippen molar-refractivity contribution < 1.29 is 4.79 Å². The molecule has 1 aliphatic rings. The summed E-state index contributed by atoms with van der Waals surface area (Å²) in [5.41, 5.74) is 1.87. The number of piperidine rings is 1. The minimum atomic E-state index is -0.200. The summed E-state index contributed by atoms with van der Waals surface area (Å²) in [7, 11) is 0. The van der Waals surface area contributed by atoms with Crippen LogP contribution in [0.4, 0.5) is 5.69 Å². The molecule has 0 unspecified atom stereocenters. The molecule has 0 saturated carbocycles. The summed E-state index contributed by atoms with van der Waals surface area (Å²) in [5, 5.41) is 4.06. The number of nitrogens with one attached hydrogen (secondary N) is 2. The zero-order chi connectivity index (χ0) is 17.9. The van der Waals surface area contributed by atoms with Gasteiger partial charge in [-0.3, -0.25) is 9.59 Å². The molecular weight excluding hydrogens is 326 g/mol. The number of fused-ring (bicyclic) bond motifs is 1. The van der Waals surface area contributed by atoms with Gasteiger partial charge in [-0.2, -0.15) is 0 Å². The number of hydrogen-bond acceptors (Lipinski definition) is 3. The zero-order valence-electron chi connectivity index (χ0n) is 14.4. The van der Waals surface area contributed by atoms with Crippen molar-refractivity contribution in [1.29, 1.82) is 0 Å². The average Bonchev–Trinajstić information content (AvgIpc) is 2.69. The molecule has 0 radical (unpaired) electrons. The second-order valence-electron chi connectivity index (χ2n) is 6.65. The number of benzene rings is 2. The standard InChI is InChI=1S/C21H21N3O2/c25-20-17-8-4-5-9-19(17)22-14-18(20)21(26)24-12-10-16(11-13-24)23-15-6-2-1-3-7-15/h1-9,14,16,23H,10-13H2,(H,22,25). The van der Waals surface area contributed by atoms with Gasteiger partial charge in [0.15, 0.2) is 0 Å². The third-order valence-electron chi connectivity index (χ3n) is 4.95. The van der Waals surface area contributed by atoms with Crippen LogP contribution in [0.25, 0.3) is 10.9 Å². The Balaban J connectivity index is 1.45. The van der Waals surface area contributed by atoms with E-state index < -0.39 is 0 Å². The molecule has 3 aromatic rings. The molecule has 2 aromatic carbocycles. The van der Waals surface area contributed by atoms with Crippen LogP contribution in [0.2, 0.25) is 0 Å². The maximum Gasteiger partial charge on any atom is 0.259 e. The molecule has 2 N–H and O–H groups in total. The van der Waals surface area contributed by atoms with E-state index in [1.165, 1.54) is 0 Å². The number of likely N-dealkylation sites (tertiary alicyclic amines) is 1. The average molecular weight is 347 g/mol. The fourth-order valence-corrected chi connectivity index (χ4v) is 3.49. The van der Waals surface area contributed by atoms with Crippen molar-refractivity contribution in [3.63, 3.8) is 0 Å². The largest absolute Gasteiger partial charge is 0.382 e. The number of hydrogen-bond donors (Lipinski definition) is 2. The molecule has 0 bridgehead atoms. The van der Waals surface area contributed by atoms with Crippen molar-refractivity contribution in [2.24, 2.45) is 0 Å². The second-order valence-corrected chi connectivity index (χ2v) is 6.65. The first-order chi connectivity index (χ1) is 12.7. The third kappa shape index (κ3) is 3.20. The van der Waals surface area contributed by atoms with Crippen LogP contribution >= 0.6 is 0 Å². The van der Waals surface area contributed by atoms with E-state index in [9.17, 15) is 9.59 Å². The Morgan fingerprint density at radius 1 is 1.00 bits per heavy atom. The lowest BCUT2D eigenvalue weighted by Gasteiger charge is -2.32. The Labute approximate surface area is 151 Å². The fraction of sp³-hybridized carbons (Fsp3) is 0.238. The second kappa shape index (κ2) is 7.04. The van der Waals surface area contributed by atoms with Gasteiger partial charge in [0.1, 0.15) is 5.56 Å². The summed E-state index contributed by atoms with van der Waals surface area (Å²) in [6.07, 6.45) is 3.28. The molecule has 26 heavy (non-hydrogen) atoms. The van der Waals surface area contributed by atoms with Crippen LogP contribution in [0.1, 0.15) is 23.2 Å². The summed E-state index contributed by atoms with van der Waals surface area (Å²) in [6.45, 7) is 1.30. The number of para-hydroxylation sites is 2. The Morgan fingerprint density at radius 2 is 1.69 bits per heavy atom. The highest BCUT2D eigenvalue weighted by Crippen LogP contribution is 2.18. The molecule has 1 saturated heterocycles. The topological polar surface area (TPSA) is 65.2 Å². The molecule has 2 heterocycles. The number of aromatic amines is 1. The van der Waals surface area contributed by atoms with E-state index in [0.29, 0.717) is 24.5 Å². The molecule has 0 aliphatic carbocycles. The SMILES string of the molecule is O=C(c1c[nH]c2ccccc2c1=O)N1CCC(Nc2ccccc2)CC1. The quantitative estimate of drug-likeness (QED) is 0.764. The van der Waals surface area contributed by atoms with Gasteiger partial charge >= 0.3 is 0 Å². The van der Waals surface area contributed by atoms with Crippen LogP contribution in [0.5, 0.6) is 0 Å².